The SMILES string of the molecule is COc1ccc(-c2cccc(CC(=O)Nc3ccccc3-c3ccc(CC(=O)O)s3)c2OC)cc1. The highest BCUT2D eigenvalue weighted by Gasteiger charge is 2.16. The van der Waals surface area contributed by atoms with Crippen LogP contribution in [0.1, 0.15) is 10.4 Å². The molecule has 6 nitrogen and oxygen atoms in total. The van der Waals surface area contributed by atoms with E-state index >= 15 is 0 Å². The van der Waals surface area contributed by atoms with Gasteiger partial charge in [0, 0.05) is 32.1 Å². The summed E-state index contributed by atoms with van der Waals surface area (Å²) in [4.78, 5) is 25.7. The van der Waals surface area contributed by atoms with E-state index in [2.05, 4.69) is 5.32 Å². The van der Waals surface area contributed by atoms with Gasteiger partial charge < -0.3 is 19.9 Å². The van der Waals surface area contributed by atoms with Gasteiger partial charge in [-0.1, -0.05) is 48.5 Å². The molecule has 1 heterocycles. The van der Waals surface area contributed by atoms with E-state index < -0.39 is 5.97 Å². The summed E-state index contributed by atoms with van der Waals surface area (Å²) in [6, 6.07) is 24.6. The average molecular weight is 488 g/mol. The molecule has 0 spiro atoms. The number of para-hydroxylation sites is 2. The van der Waals surface area contributed by atoms with E-state index in [-0.39, 0.29) is 18.7 Å². The zero-order valence-electron chi connectivity index (χ0n) is 19.4. The van der Waals surface area contributed by atoms with Gasteiger partial charge in [0.1, 0.15) is 11.5 Å². The average Bonchev–Trinajstić information content (AvgIpc) is 3.31. The number of benzene rings is 3. The molecule has 1 amide bonds. The first-order valence-corrected chi connectivity index (χ1v) is 11.8. The normalized spacial score (nSPS) is 10.6. The highest BCUT2D eigenvalue weighted by Crippen LogP contribution is 2.36. The number of ether oxygens (including phenoxy) is 2. The van der Waals surface area contributed by atoms with Gasteiger partial charge in [0.2, 0.25) is 5.91 Å². The van der Waals surface area contributed by atoms with Crippen molar-refractivity contribution in [3.8, 4) is 33.1 Å². The zero-order chi connectivity index (χ0) is 24.8. The third-order valence-corrected chi connectivity index (χ3v) is 6.62. The molecule has 0 aliphatic heterocycles. The van der Waals surface area contributed by atoms with Gasteiger partial charge in [-0.15, -0.1) is 11.3 Å². The Balaban J connectivity index is 1.55. The maximum absolute atomic E-state index is 13.1. The molecule has 4 rings (SSSR count). The van der Waals surface area contributed by atoms with Crippen molar-refractivity contribution in [2.75, 3.05) is 19.5 Å². The van der Waals surface area contributed by atoms with Crippen molar-refractivity contribution in [2.45, 2.75) is 12.8 Å². The molecule has 0 fully saturated rings. The molecule has 1 aromatic heterocycles. The number of anilines is 1. The minimum Gasteiger partial charge on any atom is -0.497 e. The topological polar surface area (TPSA) is 84.9 Å². The summed E-state index contributed by atoms with van der Waals surface area (Å²) < 4.78 is 11.0. The van der Waals surface area contributed by atoms with Crippen LogP contribution in [0.25, 0.3) is 21.6 Å². The van der Waals surface area contributed by atoms with Gasteiger partial charge in [-0.05, 0) is 35.9 Å². The van der Waals surface area contributed by atoms with Crippen LogP contribution in [-0.2, 0) is 22.4 Å². The standard InChI is InChI=1S/C28H25NO5S/c1-33-20-12-10-18(11-13-20)22-8-5-6-19(28(22)34-2)16-26(30)29-24-9-4-3-7-23(24)25-15-14-21(35-25)17-27(31)32/h3-15H,16-17H2,1-2H3,(H,29,30)(H,31,32). The molecular formula is C28H25NO5S. The number of carbonyl (C=O) groups is 2. The molecule has 0 atom stereocenters. The molecular weight excluding hydrogens is 462 g/mol. The maximum Gasteiger partial charge on any atom is 0.308 e. The first kappa shape index (κ1) is 24.0. The third-order valence-electron chi connectivity index (χ3n) is 5.51. The Morgan fingerprint density at radius 2 is 1.57 bits per heavy atom. The second kappa shape index (κ2) is 10.9. The summed E-state index contributed by atoms with van der Waals surface area (Å²) in [6.07, 6.45) is 0.111. The summed E-state index contributed by atoms with van der Waals surface area (Å²) in [6.45, 7) is 0. The Bertz CT molecular complexity index is 1340. The first-order valence-electron chi connectivity index (χ1n) is 11.0. The largest absolute Gasteiger partial charge is 0.497 e. The lowest BCUT2D eigenvalue weighted by Crippen LogP contribution is -2.15. The Morgan fingerprint density at radius 3 is 2.29 bits per heavy atom. The number of hydrogen-bond acceptors (Lipinski definition) is 5. The quantitative estimate of drug-likeness (QED) is 0.307. The van der Waals surface area contributed by atoms with Crippen molar-refractivity contribution in [3.63, 3.8) is 0 Å². The van der Waals surface area contributed by atoms with Gasteiger partial charge in [0.25, 0.3) is 0 Å². The number of amides is 1. The molecule has 0 bridgehead atoms. The molecule has 0 aliphatic rings. The van der Waals surface area contributed by atoms with Gasteiger partial charge in [-0.2, -0.15) is 0 Å². The predicted octanol–water partition coefficient (Wildman–Crippen LogP) is 5.91. The lowest BCUT2D eigenvalue weighted by molar-refractivity contribution is -0.136. The monoisotopic (exact) mass is 487 g/mol. The van der Waals surface area contributed by atoms with E-state index in [1.54, 1.807) is 14.2 Å². The Labute approximate surface area is 207 Å². The number of carboxylic acid groups (broad SMARTS) is 1. The number of hydrogen-bond donors (Lipinski definition) is 2. The predicted molar refractivity (Wildman–Crippen MR) is 138 cm³/mol. The summed E-state index contributed by atoms with van der Waals surface area (Å²) in [5.41, 5.74) is 4.15. The summed E-state index contributed by atoms with van der Waals surface area (Å²) in [5, 5.41) is 12.1. The summed E-state index contributed by atoms with van der Waals surface area (Å²) in [5.74, 6) is 0.371. The van der Waals surface area contributed by atoms with E-state index in [0.29, 0.717) is 11.4 Å². The van der Waals surface area contributed by atoms with Crippen LogP contribution in [0.4, 0.5) is 5.69 Å². The minimum atomic E-state index is -0.870. The molecule has 35 heavy (non-hydrogen) atoms. The number of thiophene rings is 1. The van der Waals surface area contributed by atoms with Crippen LogP contribution in [0.3, 0.4) is 0 Å². The number of methoxy groups -OCH3 is 2. The molecule has 0 radical (unpaired) electrons. The van der Waals surface area contributed by atoms with Gasteiger partial charge in [0.05, 0.1) is 27.1 Å². The summed E-state index contributed by atoms with van der Waals surface area (Å²) >= 11 is 1.41. The van der Waals surface area contributed by atoms with Gasteiger partial charge >= 0.3 is 5.97 Å². The van der Waals surface area contributed by atoms with Crippen LogP contribution < -0.4 is 14.8 Å². The van der Waals surface area contributed by atoms with Crippen LogP contribution >= 0.6 is 11.3 Å². The molecule has 0 aliphatic carbocycles. The minimum absolute atomic E-state index is 0.0243. The van der Waals surface area contributed by atoms with E-state index in [9.17, 15) is 9.59 Å². The van der Waals surface area contributed by atoms with Crippen LogP contribution in [0.15, 0.2) is 78.9 Å². The Kier molecular flexibility index (Phi) is 7.48. The fourth-order valence-electron chi connectivity index (χ4n) is 3.90. The van der Waals surface area contributed by atoms with Crippen LogP contribution in [0.5, 0.6) is 11.5 Å². The molecule has 0 saturated heterocycles. The van der Waals surface area contributed by atoms with E-state index in [0.717, 1.165) is 37.8 Å². The fourth-order valence-corrected chi connectivity index (χ4v) is 4.94. The van der Waals surface area contributed by atoms with Crippen LogP contribution in [-0.4, -0.2) is 31.2 Å². The number of carboxylic acids is 1. The number of nitrogens with one attached hydrogen (secondary N) is 1. The third kappa shape index (κ3) is 5.70. The van der Waals surface area contributed by atoms with E-state index in [4.69, 9.17) is 14.6 Å². The smallest absolute Gasteiger partial charge is 0.308 e. The van der Waals surface area contributed by atoms with Crippen molar-refractivity contribution < 1.29 is 24.2 Å². The van der Waals surface area contributed by atoms with Gasteiger partial charge in [-0.25, -0.2) is 0 Å². The number of aliphatic carboxylic acids is 1. The van der Waals surface area contributed by atoms with Crippen LogP contribution in [0, 0.1) is 0 Å². The number of rotatable bonds is 9. The van der Waals surface area contributed by atoms with Gasteiger partial charge in [0.15, 0.2) is 0 Å². The fraction of sp³-hybridized carbons (Fsp3) is 0.143. The number of carbonyl (C=O) groups excluding carboxylic acids is 1. The van der Waals surface area contributed by atoms with E-state index in [1.165, 1.54) is 11.3 Å². The highest BCUT2D eigenvalue weighted by atomic mass is 32.1. The first-order chi connectivity index (χ1) is 17.0. The van der Waals surface area contributed by atoms with Gasteiger partial charge in [-0.3, -0.25) is 9.59 Å². The Hall–Kier alpha value is -4.10. The van der Waals surface area contributed by atoms with Crippen molar-refractivity contribution in [3.05, 3.63) is 89.3 Å². The second-order valence-corrected chi connectivity index (χ2v) is 9.00. The van der Waals surface area contributed by atoms with Crippen molar-refractivity contribution in [1.29, 1.82) is 0 Å². The molecule has 2 N–H and O–H groups in total. The van der Waals surface area contributed by atoms with E-state index in [1.807, 2.05) is 78.9 Å². The molecule has 0 saturated carbocycles. The zero-order valence-corrected chi connectivity index (χ0v) is 20.2. The highest BCUT2D eigenvalue weighted by molar-refractivity contribution is 7.15. The lowest BCUT2D eigenvalue weighted by atomic mass is 9.99. The van der Waals surface area contributed by atoms with Crippen molar-refractivity contribution in [1.82, 2.24) is 0 Å². The molecule has 3 aromatic carbocycles. The van der Waals surface area contributed by atoms with Crippen molar-refractivity contribution in [2.24, 2.45) is 0 Å². The lowest BCUT2D eigenvalue weighted by Gasteiger charge is -2.15. The molecule has 7 heteroatoms. The molecule has 178 valence electrons. The molecule has 0 unspecified atom stereocenters. The second-order valence-electron chi connectivity index (χ2n) is 7.83. The summed E-state index contributed by atoms with van der Waals surface area (Å²) in [7, 11) is 3.23. The molecule has 4 aromatic rings. The Morgan fingerprint density at radius 1 is 0.829 bits per heavy atom. The van der Waals surface area contributed by atoms with Crippen molar-refractivity contribution >= 4 is 28.9 Å². The maximum atomic E-state index is 13.1. The van der Waals surface area contributed by atoms with Crippen LogP contribution in [0.2, 0.25) is 0 Å².